The van der Waals surface area contributed by atoms with Gasteiger partial charge in [0.05, 0.1) is 18.4 Å². The van der Waals surface area contributed by atoms with Gasteiger partial charge in [0.2, 0.25) is 5.91 Å². The Hall–Kier alpha value is -2.02. The standard InChI is InChI=1S/C16H23N5O2/c1-13-10-18-14(11-17-13)16(23)21-8-6-19(7-9-21)12-15(22)20-4-2-3-5-20/h10-11H,2-9,12H2,1H3. The fraction of sp³-hybridized carbons (Fsp3) is 0.625. The van der Waals surface area contributed by atoms with Gasteiger partial charge in [-0.25, -0.2) is 4.98 Å². The Labute approximate surface area is 136 Å². The molecule has 0 aromatic carbocycles. The van der Waals surface area contributed by atoms with Crippen LogP contribution in [0.2, 0.25) is 0 Å². The third kappa shape index (κ3) is 3.85. The van der Waals surface area contributed by atoms with Gasteiger partial charge in [0, 0.05) is 45.5 Å². The Morgan fingerprint density at radius 3 is 2.26 bits per heavy atom. The molecule has 7 heteroatoms. The van der Waals surface area contributed by atoms with E-state index >= 15 is 0 Å². The van der Waals surface area contributed by atoms with Crippen LogP contribution in [-0.4, -0.2) is 82.3 Å². The molecule has 0 aliphatic carbocycles. The van der Waals surface area contributed by atoms with E-state index in [1.54, 1.807) is 11.1 Å². The van der Waals surface area contributed by atoms with E-state index in [2.05, 4.69) is 14.9 Å². The molecular formula is C16H23N5O2. The van der Waals surface area contributed by atoms with Crippen molar-refractivity contribution in [3.05, 3.63) is 23.8 Å². The number of amides is 2. The highest BCUT2D eigenvalue weighted by Crippen LogP contribution is 2.10. The maximum absolute atomic E-state index is 12.4. The third-order valence-electron chi connectivity index (χ3n) is 4.48. The number of hydrogen-bond donors (Lipinski definition) is 0. The molecular weight excluding hydrogens is 294 g/mol. The van der Waals surface area contributed by atoms with Gasteiger partial charge < -0.3 is 9.80 Å². The van der Waals surface area contributed by atoms with Crippen LogP contribution >= 0.6 is 0 Å². The molecule has 3 rings (SSSR count). The summed E-state index contributed by atoms with van der Waals surface area (Å²) in [6.07, 6.45) is 5.37. The highest BCUT2D eigenvalue weighted by Gasteiger charge is 2.26. The Bertz CT molecular complexity index is 560. The molecule has 0 bridgehead atoms. The van der Waals surface area contributed by atoms with Crippen molar-refractivity contribution in [2.24, 2.45) is 0 Å². The van der Waals surface area contributed by atoms with E-state index in [0.29, 0.717) is 25.3 Å². The minimum Gasteiger partial charge on any atom is -0.342 e. The summed E-state index contributed by atoms with van der Waals surface area (Å²) >= 11 is 0. The second-order valence-electron chi connectivity index (χ2n) is 6.20. The maximum atomic E-state index is 12.4. The first-order chi connectivity index (χ1) is 11.1. The predicted octanol–water partition coefficient (Wildman–Crippen LogP) is 0.165. The molecule has 0 spiro atoms. The molecule has 2 aliphatic rings. The largest absolute Gasteiger partial charge is 0.342 e. The first-order valence-corrected chi connectivity index (χ1v) is 8.21. The molecule has 0 N–H and O–H groups in total. The first-order valence-electron chi connectivity index (χ1n) is 8.21. The molecule has 0 atom stereocenters. The Kier molecular flexibility index (Phi) is 4.85. The topological polar surface area (TPSA) is 69.6 Å². The lowest BCUT2D eigenvalue weighted by Gasteiger charge is -2.34. The van der Waals surface area contributed by atoms with Gasteiger partial charge >= 0.3 is 0 Å². The molecule has 0 unspecified atom stereocenters. The van der Waals surface area contributed by atoms with E-state index in [4.69, 9.17) is 0 Å². The quantitative estimate of drug-likeness (QED) is 0.794. The van der Waals surface area contributed by atoms with Crippen molar-refractivity contribution in [1.29, 1.82) is 0 Å². The summed E-state index contributed by atoms with van der Waals surface area (Å²) in [7, 11) is 0. The summed E-state index contributed by atoms with van der Waals surface area (Å²) < 4.78 is 0. The number of aromatic nitrogens is 2. The minimum atomic E-state index is -0.0805. The molecule has 2 amide bonds. The van der Waals surface area contributed by atoms with Crippen LogP contribution in [0.4, 0.5) is 0 Å². The minimum absolute atomic E-state index is 0.0805. The summed E-state index contributed by atoms with van der Waals surface area (Å²) in [6.45, 7) is 6.80. The highest BCUT2D eigenvalue weighted by atomic mass is 16.2. The van der Waals surface area contributed by atoms with Crippen molar-refractivity contribution in [3.63, 3.8) is 0 Å². The second kappa shape index (κ2) is 7.04. The summed E-state index contributed by atoms with van der Waals surface area (Å²) in [4.78, 5) is 38.7. The SMILES string of the molecule is Cc1cnc(C(=O)N2CCN(CC(=O)N3CCCC3)CC2)cn1. The lowest BCUT2D eigenvalue weighted by Crippen LogP contribution is -2.51. The zero-order chi connectivity index (χ0) is 16.2. The van der Waals surface area contributed by atoms with Gasteiger partial charge in [-0.05, 0) is 19.8 Å². The van der Waals surface area contributed by atoms with Gasteiger partial charge in [-0.15, -0.1) is 0 Å². The summed E-state index contributed by atoms with van der Waals surface area (Å²) in [5, 5.41) is 0. The van der Waals surface area contributed by atoms with Crippen LogP contribution in [-0.2, 0) is 4.79 Å². The van der Waals surface area contributed by atoms with Crippen LogP contribution in [0, 0.1) is 6.92 Å². The zero-order valence-electron chi connectivity index (χ0n) is 13.6. The summed E-state index contributed by atoms with van der Waals surface area (Å²) in [6, 6.07) is 0. The van der Waals surface area contributed by atoms with Crippen LogP contribution < -0.4 is 0 Å². The highest BCUT2D eigenvalue weighted by molar-refractivity contribution is 5.92. The van der Waals surface area contributed by atoms with Crippen LogP contribution in [0.5, 0.6) is 0 Å². The van der Waals surface area contributed by atoms with Crippen LogP contribution in [0.25, 0.3) is 0 Å². The summed E-state index contributed by atoms with van der Waals surface area (Å²) in [5.41, 5.74) is 1.18. The van der Waals surface area contributed by atoms with Crippen LogP contribution in [0.3, 0.4) is 0 Å². The molecule has 124 valence electrons. The lowest BCUT2D eigenvalue weighted by atomic mass is 10.2. The lowest BCUT2D eigenvalue weighted by molar-refractivity contribution is -0.131. The first kappa shape index (κ1) is 15.9. The zero-order valence-corrected chi connectivity index (χ0v) is 13.6. The van der Waals surface area contributed by atoms with E-state index in [1.807, 2.05) is 11.8 Å². The number of hydrogen-bond acceptors (Lipinski definition) is 5. The van der Waals surface area contributed by atoms with E-state index in [1.165, 1.54) is 6.20 Å². The van der Waals surface area contributed by atoms with Gasteiger partial charge in [-0.3, -0.25) is 19.5 Å². The average Bonchev–Trinajstić information content (AvgIpc) is 3.10. The van der Waals surface area contributed by atoms with Gasteiger partial charge in [-0.1, -0.05) is 0 Å². The van der Waals surface area contributed by atoms with Crippen LogP contribution in [0.15, 0.2) is 12.4 Å². The average molecular weight is 317 g/mol. The van der Waals surface area contributed by atoms with Crippen molar-refractivity contribution in [2.75, 3.05) is 45.8 Å². The third-order valence-corrected chi connectivity index (χ3v) is 4.48. The number of nitrogens with zero attached hydrogens (tertiary/aromatic N) is 5. The molecule has 2 saturated heterocycles. The molecule has 3 heterocycles. The molecule has 0 saturated carbocycles. The van der Waals surface area contributed by atoms with Crippen molar-refractivity contribution in [1.82, 2.24) is 24.7 Å². The van der Waals surface area contributed by atoms with Gasteiger partial charge in [0.1, 0.15) is 5.69 Å². The number of carbonyl (C=O) groups excluding carboxylic acids is 2. The Morgan fingerprint density at radius 1 is 0.957 bits per heavy atom. The molecule has 2 aliphatic heterocycles. The smallest absolute Gasteiger partial charge is 0.274 e. The van der Waals surface area contributed by atoms with Gasteiger partial charge in [0.15, 0.2) is 0 Å². The molecule has 23 heavy (non-hydrogen) atoms. The predicted molar refractivity (Wildman–Crippen MR) is 84.9 cm³/mol. The number of piperazine rings is 1. The fourth-order valence-corrected chi connectivity index (χ4v) is 3.03. The maximum Gasteiger partial charge on any atom is 0.274 e. The van der Waals surface area contributed by atoms with Crippen molar-refractivity contribution in [3.8, 4) is 0 Å². The second-order valence-corrected chi connectivity index (χ2v) is 6.20. The number of likely N-dealkylation sites (tertiary alicyclic amines) is 1. The van der Waals surface area contributed by atoms with Crippen LogP contribution in [0.1, 0.15) is 29.0 Å². The molecule has 0 radical (unpaired) electrons. The number of rotatable bonds is 3. The normalized spacial score (nSPS) is 19.2. The summed E-state index contributed by atoms with van der Waals surface area (Å²) in [5.74, 6) is 0.134. The van der Waals surface area contributed by atoms with Gasteiger partial charge in [-0.2, -0.15) is 0 Å². The fourth-order valence-electron chi connectivity index (χ4n) is 3.03. The number of carbonyl (C=O) groups is 2. The van der Waals surface area contributed by atoms with Crippen molar-refractivity contribution in [2.45, 2.75) is 19.8 Å². The Morgan fingerprint density at radius 2 is 1.65 bits per heavy atom. The number of aryl methyl sites for hydroxylation is 1. The van der Waals surface area contributed by atoms with Gasteiger partial charge in [0.25, 0.3) is 5.91 Å². The Balaban J connectivity index is 1.49. The monoisotopic (exact) mass is 317 g/mol. The molecule has 1 aromatic heterocycles. The van der Waals surface area contributed by atoms with E-state index < -0.39 is 0 Å². The van der Waals surface area contributed by atoms with E-state index in [0.717, 1.165) is 44.7 Å². The van der Waals surface area contributed by atoms with Crippen molar-refractivity contribution >= 4 is 11.8 Å². The van der Waals surface area contributed by atoms with E-state index in [9.17, 15) is 9.59 Å². The molecule has 7 nitrogen and oxygen atoms in total. The molecule has 1 aromatic rings. The molecule has 2 fully saturated rings. The van der Waals surface area contributed by atoms with Crippen molar-refractivity contribution < 1.29 is 9.59 Å². The van der Waals surface area contributed by atoms with E-state index in [-0.39, 0.29) is 11.8 Å².